The summed E-state index contributed by atoms with van der Waals surface area (Å²) in [6.07, 6.45) is -4.55. The molecule has 2 saturated heterocycles. The molecular formula is C11H16F3N3O2. The Kier molecular flexibility index (Phi) is 3.98. The first-order valence-electron chi connectivity index (χ1n) is 6.18. The third-order valence-electron chi connectivity index (χ3n) is 3.39. The Morgan fingerprint density at radius 3 is 2.63 bits per heavy atom. The summed E-state index contributed by atoms with van der Waals surface area (Å²) >= 11 is 0. The van der Waals surface area contributed by atoms with E-state index in [9.17, 15) is 22.8 Å². The lowest BCUT2D eigenvalue weighted by atomic mass is 10.0. The van der Waals surface area contributed by atoms with Gasteiger partial charge in [0.2, 0.25) is 11.8 Å². The molecule has 1 unspecified atom stereocenters. The maximum absolute atomic E-state index is 12.2. The molecule has 2 amide bonds. The summed E-state index contributed by atoms with van der Waals surface area (Å²) in [7, 11) is 0. The van der Waals surface area contributed by atoms with Crippen LogP contribution in [0.15, 0.2) is 0 Å². The van der Waals surface area contributed by atoms with Gasteiger partial charge < -0.3 is 15.5 Å². The number of halogens is 3. The van der Waals surface area contributed by atoms with Crippen LogP contribution in [0.25, 0.3) is 0 Å². The van der Waals surface area contributed by atoms with Gasteiger partial charge >= 0.3 is 6.18 Å². The van der Waals surface area contributed by atoms with Crippen LogP contribution >= 0.6 is 0 Å². The lowest BCUT2D eigenvalue weighted by Gasteiger charge is -2.27. The average molecular weight is 279 g/mol. The molecule has 5 nitrogen and oxygen atoms in total. The smallest absolute Gasteiger partial charge is 0.355 e. The Balaban J connectivity index is 1.78. The molecule has 2 aliphatic rings. The van der Waals surface area contributed by atoms with E-state index in [1.807, 2.05) is 0 Å². The zero-order valence-corrected chi connectivity index (χ0v) is 10.3. The number of amides is 2. The number of hydrogen-bond acceptors (Lipinski definition) is 3. The van der Waals surface area contributed by atoms with E-state index in [-0.39, 0.29) is 18.9 Å². The van der Waals surface area contributed by atoms with Crippen molar-refractivity contribution in [2.75, 3.05) is 32.7 Å². The largest absolute Gasteiger partial charge is 0.406 e. The van der Waals surface area contributed by atoms with Crippen LogP contribution in [0.3, 0.4) is 0 Å². The molecule has 2 N–H and O–H groups in total. The zero-order valence-electron chi connectivity index (χ0n) is 10.3. The maximum Gasteiger partial charge on any atom is 0.406 e. The first-order valence-corrected chi connectivity index (χ1v) is 6.18. The van der Waals surface area contributed by atoms with Crippen molar-refractivity contribution >= 4 is 11.8 Å². The molecule has 2 aliphatic heterocycles. The minimum Gasteiger partial charge on any atom is -0.355 e. The summed E-state index contributed by atoms with van der Waals surface area (Å²) in [5, 5.41) is 5.75. The quantitative estimate of drug-likeness (QED) is 0.745. The molecule has 0 saturated carbocycles. The van der Waals surface area contributed by atoms with Gasteiger partial charge in [0, 0.05) is 38.5 Å². The number of alkyl halides is 3. The van der Waals surface area contributed by atoms with Crippen molar-refractivity contribution < 1.29 is 22.8 Å². The summed E-state index contributed by atoms with van der Waals surface area (Å²) in [6.45, 7) is 0.763. The molecule has 0 aromatic carbocycles. The summed E-state index contributed by atoms with van der Waals surface area (Å²) in [5.41, 5.74) is 0. The third-order valence-corrected chi connectivity index (χ3v) is 3.39. The maximum atomic E-state index is 12.2. The summed E-state index contributed by atoms with van der Waals surface area (Å²) in [4.78, 5) is 23.9. The molecule has 0 bridgehead atoms. The van der Waals surface area contributed by atoms with E-state index in [0.29, 0.717) is 17.4 Å². The fourth-order valence-corrected chi connectivity index (χ4v) is 2.20. The molecular weight excluding hydrogens is 263 g/mol. The molecule has 0 aromatic rings. The van der Waals surface area contributed by atoms with Gasteiger partial charge in [0.15, 0.2) is 0 Å². The van der Waals surface area contributed by atoms with Gasteiger partial charge in [-0.2, -0.15) is 13.2 Å². The molecule has 108 valence electrons. The molecule has 1 atom stereocenters. The van der Waals surface area contributed by atoms with Gasteiger partial charge in [-0.15, -0.1) is 0 Å². The van der Waals surface area contributed by atoms with Gasteiger partial charge in [0.25, 0.3) is 0 Å². The van der Waals surface area contributed by atoms with Crippen LogP contribution in [0, 0.1) is 11.8 Å². The predicted molar refractivity (Wildman–Crippen MR) is 60.1 cm³/mol. The van der Waals surface area contributed by atoms with Crippen LogP contribution in [0.2, 0.25) is 0 Å². The van der Waals surface area contributed by atoms with E-state index in [4.69, 9.17) is 0 Å². The number of hydrogen-bond donors (Lipinski definition) is 2. The van der Waals surface area contributed by atoms with Gasteiger partial charge in [0.1, 0.15) is 6.54 Å². The Bertz CT molecular complexity index is 369. The summed E-state index contributed by atoms with van der Waals surface area (Å²) in [6, 6.07) is 0. The van der Waals surface area contributed by atoms with Gasteiger partial charge in [0.05, 0.1) is 5.92 Å². The van der Waals surface area contributed by atoms with Gasteiger partial charge in [-0.25, -0.2) is 0 Å². The van der Waals surface area contributed by atoms with E-state index < -0.39 is 24.5 Å². The molecule has 8 heteroatoms. The van der Waals surface area contributed by atoms with Crippen LogP contribution in [-0.2, 0) is 9.59 Å². The van der Waals surface area contributed by atoms with Gasteiger partial charge in [-0.1, -0.05) is 0 Å². The number of nitrogens with one attached hydrogen (secondary N) is 2. The first kappa shape index (κ1) is 14.1. The van der Waals surface area contributed by atoms with Crippen molar-refractivity contribution in [3.8, 4) is 0 Å². The summed E-state index contributed by atoms with van der Waals surface area (Å²) in [5.74, 6) is -1.22. The van der Waals surface area contributed by atoms with E-state index in [2.05, 4.69) is 10.6 Å². The lowest BCUT2D eigenvalue weighted by Crippen LogP contribution is -2.49. The monoisotopic (exact) mass is 279 g/mol. The average Bonchev–Trinajstić information content (AvgIpc) is 2.55. The fraction of sp³-hybridized carbons (Fsp3) is 0.818. The Labute approximate surface area is 108 Å². The van der Waals surface area contributed by atoms with Crippen molar-refractivity contribution in [1.29, 1.82) is 0 Å². The van der Waals surface area contributed by atoms with Crippen LogP contribution in [0.1, 0.15) is 6.42 Å². The van der Waals surface area contributed by atoms with Gasteiger partial charge in [-0.05, 0) is 0 Å². The van der Waals surface area contributed by atoms with E-state index >= 15 is 0 Å². The second-order valence-corrected chi connectivity index (χ2v) is 5.06. The molecule has 19 heavy (non-hydrogen) atoms. The molecule has 2 heterocycles. The highest BCUT2D eigenvalue weighted by Gasteiger charge is 2.40. The van der Waals surface area contributed by atoms with E-state index in [0.717, 1.165) is 13.1 Å². The highest BCUT2D eigenvalue weighted by molar-refractivity contribution is 5.89. The number of likely N-dealkylation sites (tertiary alicyclic amines) is 1. The molecule has 0 aromatic heterocycles. The predicted octanol–water partition coefficient (Wildman–Crippen LogP) is -0.267. The van der Waals surface area contributed by atoms with Gasteiger partial charge in [-0.3, -0.25) is 9.59 Å². The third kappa shape index (κ3) is 3.82. The number of carbonyl (C=O) groups is 2. The van der Waals surface area contributed by atoms with E-state index in [1.165, 1.54) is 0 Å². The van der Waals surface area contributed by atoms with Crippen molar-refractivity contribution in [3.63, 3.8) is 0 Å². The molecule has 0 aliphatic carbocycles. The SMILES string of the molecule is O=C(NCC1CNC1)C1CC(=O)N(CC(F)(F)F)C1. The minimum absolute atomic E-state index is 0.134. The second kappa shape index (κ2) is 5.36. The molecule has 0 radical (unpaired) electrons. The number of carbonyl (C=O) groups excluding carboxylic acids is 2. The standard InChI is InChI=1S/C11H16F3N3O2/c12-11(13,14)6-17-5-8(1-9(17)18)10(19)16-4-7-2-15-3-7/h7-8,15H,1-6H2,(H,16,19). The highest BCUT2D eigenvalue weighted by Crippen LogP contribution is 2.23. The van der Waals surface area contributed by atoms with Crippen molar-refractivity contribution in [2.45, 2.75) is 12.6 Å². The van der Waals surface area contributed by atoms with E-state index in [1.54, 1.807) is 0 Å². The van der Waals surface area contributed by atoms with Crippen LogP contribution in [0.4, 0.5) is 13.2 Å². The van der Waals surface area contributed by atoms with Crippen molar-refractivity contribution in [1.82, 2.24) is 15.5 Å². The number of rotatable bonds is 4. The Morgan fingerprint density at radius 2 is 2.11 bits per heavy atom. The Morgan fingerprint density at radius 1 is 1.42 bits per heavy atom. The second-order valence-electron chi connectivity index (χ2n) is 5.06. The zero-order chi connectivity index (χ0) is 14.0. The normalized spacial score (nSPS) is 24.5. The topological polar surface area (TPSA) is 61.4 Å². The van der Waals surface area contributed by atoms with Crippen LogP contribution < -0.4 is 10.6 Å². The summed E-state index contributed by atoms with van der Waals surface area (Å²) < 4.78 is 36.6. The highest BCUT2D eigenvalue weighted by atomic mass is 19.4. The molecule has 0 spiro atoms. The Hall–Kier alpha value is -1.31. The van der Waals surface area contributed by atoms with Crippen LogP contribution in [-0.4, -0.2) is 55.6 Å². The minimum atomic E-state index is -4.42. The lowest BCUT2D eigenvalue weighted by molar-refractivity contribution is -0.157. The molecule has 2 rings (SSSR count). The van der Waals surface area contributed by atoms with Crippen molar-refractivity contribution in [3.05, 3.63) is 0 Å². The number of nitrogens with zero attached hydrogens (tertiary/aromatic N) is 1. The fourth-order valence-electron chi connectivity index (χ4n) is 2.20. The first-order chi connectivity index (χ1) is 8.85. The van der Waals surface area contributed by atoms with Crippen LogP contribution in [0.5, 0.6) is 0 Å². The molecule has 2 fully saturated rings. The van der Waals surface area contributed by atoms with Crippen molar-refractivity contribution in [2.24, 2.45) is 11.8 Å².